The third-order valence-electron chi connectivity index (χ3n) is 9.99. The number of halogens is 1. The highest BCUT2D eigenvalue weighted by Crippen LogP contribution is 2.70. The Morgan fingerprint density at radius 1 is 1.06 bits per heavy atom. The Kier molecular flexibility index (Phi) is 5.09. The molecule has 174 valence electrons. The van der Waals surface area contributed by atoms with Crippen LogP contribution in [0.15, 0.2) is 24.3 Å². The quantitative estimate of drug-likeness (QED) is 0.633. The largest absolute Gasteiger partial charge is 0.392 e. The molecule has 4 aliphatic carbocycles. The van der Waals surface area contributed by atoms with Gasteiger partial charge in [-0.3, -0.25) is 9.59 Å². The number of hydrogen-bond acceptors (Lipinski definition) is 5. The van der Waals surface area contributed by atoms with Crippen molar-refractivity contribution in [3.05, 3.63) is 29.3 Å². The predicted octanol–water partition coefficient (Wildman–Crippen LogP) is 4.10. The van der Waals surface area contributed by atoms with Gasteiger partial charge < -0.3 is 15.5 Å². The Labute approximate surface area is 194 Å². The van der Waals surface area contributed by atoms with Crippen LogP contribution in [0.3, 0.4) is 0 Å². The average molecular weight is 460 g/mol. The first kappa shape index (κ1) is 22.4. The first-order valence-corrected chi connectivity index (χ1v) is 12.4. The SMILES string of the molecule is CC1(C)C(=O)CC[C@]2(C)[C@@H]1C[C@@H](O)[C@]13C(=O)C(CNc4ccc(Cl)cc4)[C@H](CC[C@@H]21)[C@H]3O. The number of aliphatic hydroxyl groups excluding tert-OH is 2. The summed E-state index contributed by atoms with van der Waals surface area (Å²) in [7, 11) is 0. The predicted molar refractivity (Wildman–Crippen MR) is 123 cm³/mol. The second-order valence-corrected chi connectivity index (χ2v) is 11.9. The molecule has 1 aromatic carbocycles. The van der Waals surface area contributed by atoms with Crippen LogP contribution in [0.2, 0.25) is 5.02 Å². The Bertz CT molecular complexity index is 946. The van der Waals surface area contributed by atoms with Crippen LogP contribution in [0.4, 0.5) is 5.69 Å². The van der Waals surface area contributed by atoms with Crippen LogP contribution >= 0.6 is 11.6 Å². The molecule has 4 fully saturated rings. The van der Waals surface area contributed by atoms with Crippen LogP contribution in [0.25, 0.3) is 0 Å². The fourth-order valence-corrected chi connectivity index (χ4v) is 8.50. The number of carbonyl (C=O) groups is 2. The molecule has 0 heterocycles. The summed E-state index contributed by atoms with van der Waals surface area (Å²) in [6, 6.07) is 7.38. The molecule has 4 aliphatic rings. The second-order valence-electron chi connectivity index (χ2n) is 11.5. The number of aliphatic hydroxyl groups is 2. The van der Waals surface area contributed by atoms with Crippen molar-refractivity contribution in [1.82, 2.24) is 0 Å². The monoisotopic (exact) mass is 459 g/mol. The molecule has 0 amide bonds. The van der Waals surface area contributed by atoms with Gasteiger partial charge in [-0.1, -0.05) is 32.4 Å². The van der Waals surface area contributed by atoms with E-state index in [1.165, 1.54) is 0 Å². The number of anilines is 1. The maximum Gasteiger partial charge on any atom is 0.149 e. The van der Waals surface area contributed by atoms with Gasteiger partial charge >= 0.3 is 0 Å². The summed E-state index contributed by atoms with van der Waals surface area (Å²) >= 11 is 5.98. The lowest BCUT2D eigenvalue weighted by Crippen LogP contribution is -2.68. The van der Waals surface area contributed by atoms with Gasteiger partial charge in [-0.2, -0.15) is 0 Å². The minimum atomic E-state index is -1.11. The molecule has 0 aliphatic heterocycles. The van der Waals surface area contributed by atoms with Crippen LogP contribution in [0.5, 0.6) is 0 Å². The summed E-state index contributed by atoms with van der Waals surface area (Å²) in [5.74, 6) is -0.300. The van der Waals surface area contributed by atoms with Crippen molar-refractivity contribution in [3.63, 3.8) is 0 Å². The van der Waals surface area contributed by atoms with Crippen molar-refractivity contribution in [2.45, 2.75) is 65.1 Å². The van der Waals surface area contributed by atoms with Gasteiger partial charge in [0.1, 0.15) is 11.6 Å². The first-order chi connectivity index (χ1) is 15.0. The molecule has 2 bridgehead atoms. The molecular formula is C26H34ClNO4. The van der Waals surface area contributed by atoms with Gasteiger partial charge in [0.2, 0.25) is 0 Å². The molecule has 5 nitrogen and oxygen atoms in total. The highest BCUT2D eigenvalue weighted by Gasteiger charge is 2.75. The minimum absolute atomic E-state index is 0.0147. The van der Waals surface area contributed by atoms with E-state index in [-0.39, 0.29) is 40.7 Å². The average Bonchev–Trinajstić information content (AvgIpc) is 2.86. The fourth-order valence-electron chi connectivity index (χ4n) is 8.38. The van der Waals surface area contributed by atoms with Crippen LogP contribution in [0.1, 0.15) is 52.9 Å². The molecule has 6 heteroatoms. The van der Waals surface area contributed by atoms with Gasteiger partial charge in [0.15, 0.2) is 0 Å². The molecule has 1 spiro atoms. The maximum atomic E-state index is 14.0. The van der Waals surface area contributed by atoms with E-state index in [0.29, 0.717) is 24.4 Å². The summed E-state index contributed by atoms with van der Waals surface area (Å²) in [4.78, 5) is 26.8. The van der Waals surface area contributed by atoms with E-state index in [9.17, 15) is 19.8 Å². The summed E-state index contributed by atoms with van der Waals surface area (Å²) in [5.41, 5.74) is -0.988. The van der Waals surface area contributed by atoms with Crippen LogP contribution in [-0.4, -0.2) is 40.5 Å². The van der Waals surface area contributed by atoms with Crippen molar-refractivity contribution in [2.75, 3.05) is 11.9 Å². The lowest BCUT2D eigenvalue weighted by Gasteiger charge is -2.64. The van der Waals surface area contributed by atoms with E-state index in [0.717, 1.165) is 24.9 Å². The third-order valence-corrected chi connectivity index (χ3v) is 10.2. The lowest BCUT2D eigenvalue weighted by molar-refractivity contribution is -0.222. The molecule has 1 unspecified atom stereocenters. The van der Waals surface area contributed by atoms with Crippen molar-refractivity contribution < 1.29 is 19.8 Å². The molecule has 1 aromatic rings. The molecule has 0 radical (unpaired) electrons. The Hall–Kier alpha value is -1.43. The minimum Gasteiger partial charge on any atom is -0.392 e. The third kappa shape index (κ3) is 2.77. The molecule has 0 aromatic heterocycles. The Morgan fingerprint density at radius 3 is 2.44 bits per heavy atom. The number of rotatable bonds is 3. The van der Waals surface area contributed by atoms with E-state index in [4.69, 9.17) is 11.6 Å². The molecule has 8 atom stereocenters. The van der Waals surface area contributed by atoms with Crippen molar-refractivity contribution in [1.29, 1.82) is 0 Å². The topological polar surface area (TPSA) is 86.6 Å². The van der Waals surface area contributed by atoms with Crippen LogP contribution < -0.4 is 5.32 Å². The zero-order valence-electron chi connectivity index (χ0n) is 19.1. The molecular weight excluding hydrogens is 426 g/mol. The number of benzene rings is 1. The second kappa shape index (κ2) is 7.28. The molecule has 32 heavy (non-hydrogen) atoms. The highest BCUT2D eigenvalue weighted by molar-refractivity contribution is 6.30. The molecule has 0 saturated heterocycles. The van der Waals surface area contributed by atoms with Gasteiger partial charge in [-0.15, -0.1) is 0 Å². The molecule has 3 N–H and O–H groups in total. The summed E-state index contributed by atoms with van der Waals surface area (Å²) in [6.07, 6.45) is 1.49. The van der Waals surface area contributed by atoms with E-state index in [2.05, 4.69) is 12.2 Å². The number of ketones is 2. The van der Waals surface area contributed by atoms with Gasteiger partial charge in [0.05, 0.1) is 17.6 Å². The first-order valence-electron chi connectivity index (χ1n) is 12.0. The van der Waals surface area contributed by atoms with E-state index >= 15 is 0 Å². The number of hydrogen-bond donors (Lipinski definition) is 3. The van der Waals surface area contributed by atoms with Crippen LogP contribution in [-0.2, 0) is 9.59 Å². The van der Waals surface area contributed by atoms with Crippen molar-refractivity contribution in [2.24, 2.45) is 39.9 Å². The molecule has 4 saturated carbocycles. The number of carbonyl (C=O) groups excluding carboxylic acids is 2. The van der Waals surface area contributed by atoms with E-state index < -0.39 is 23.0 Å². The maximum absolute atomic E-state index is 14.0. The number of nitrogens with one attached hydrogen (secondary N) is 1. The van der Waals surface area contributed by atoms with Gasteiger partial charge in [0.25, 0.3) is 0 Å². The van der Waals surface area contributed by atoms with Gasteiger partial charge in [0, 0.05) is 35.0 Å². The standard InChI is InChI=1S/C26H34ClNO4/c1-24(2)19-12-21(30)26-18(25(19,3)11-10-20(24)29)9-8-16(22(26)31)17(23(26)32)13-28-15-6-4-14(27)5-7-15/h4-7,16-19,21-22,28,30-31H,8-13H2,1-3H3/t16-,17?,18-,19+,21+,22+,25-,26+/m0/s1. The fraction of sp³-hybridized carbons (Fsp3) is 0.692. The summed E-state index contributed by atoms with van der Waals surface area (Å²) in [6.45, 7) is 6.65. The summed E-state index contributed by atoms with van der Waals surface area (Å²) in [5, 5.41) is 27.0. The smallest absolute Gasteiger partial charge is 0.149 e. The molecule has 5 rings (SSSR count). The van der Waals surface area contributed by atoms with Crippen LogP contribution in [0, 0.1) is 39.9 Å². The van der Waals surface area contributed by atoms with E-state index in [1.54, 1.807) is 12.1 Å². The Balaban J connectivity index is 1.48. The zero-order chi connectivity index (χ0) is 23.1. The lowest BCUT2D eigenvalue weighted by atomic mass is 9.39. The van der Waals surface area contributed by atoms with Gasteiger partial charge in [-0.05, 0) is 73.1 Å². The van der Waals surface area contributed by atoms with Gasteiger partial charge in [-0.25, -0.2) is 0 Å². The zero-order valence-corrected chi connectivity index (χ0v) is 19.9. The number of fused-ring (bicyclic) bond motifs is 3. The summed E-state index contributed by atoms with van der Waals surface area (Å²) < 4.78 is 0. The highest BCUT2D eigenvalue weighted by atomic mass is 35.5. The van der Waals surface area contributed by atoms with Crippen molar-refractivity contribution in [3.8, 4) is 0 Å². The number of Topliss-reactive ketones (excluding diaryl/α,β-unsaturated/α-hetero) is 2. The Morgan fingerprint density at radius 2 is 1.75 bits per heavy atom. The van der Waals surface area contributed by atoms with E-state index in [1.807, 2.05) is 26.0 Å². The normalized spacial score (nSPS) is 44.7. The van der Waals surface area contributed by atoms with Crippen molar-refractivity contribution >= 4 is 28.9 Å².